The van der Waals surface area contributed by atoms with Crippen LogP contribution >= 0.6 is 0 Å². The fourth-order valence-corrected chi connectivity index (χ4v) is 3.02. The Labute approximate surface area is 131 Å². The molecule has 3 aromatic rings. The first-order valence-corrected chi connectivity index (χ1v) is 7.53. The predicted octanol–water partition coefficient (Wildman–Crippen LogP) is 4.87. The van der Waals surface area contributed by atoms with Crippen molar-refractivity contribution in [3.8, 4) is 11.1 Å². The van der Waals surface area contributed by atoms with Crippen LogP contribution in [-0.2, 0) is 0 Å². The van der Waals surface area contributed by atoms with Crippen LogP contribution in [0.15, 0.2) is 42.5 Å². The van der Waals surface area contributed by atoms with Crippen molar-refractivity contribution in [2.75, 3.05) is 0 Å². The summed E-state index contributed by atoms with van der Waals surface area (Å²) in [6.45, 7) is 0. The number of para-hydroxylation sites is 1. The van der Waals surface area contributed by atoms with Crippen molar-refractivity contribution in [3.63, 3.8) is 0 Å². The maximum Gasteiger partial charge on any atom is 0.166 e. The van der Waals surface area contributed by atoms with Gasteiger partial charge in [-0.15, -0.1) is 0 Å². The quantitative estimate of drug-likeness (QED) is 0.646. The lowest BCUT2D eigenvalue weighted by atomic mass is 9.93. The van der Waals surface area contributed by atoms with Crippen LogP contribution < -0.4 is 0 Å². The van der Waals surface area contributed by atoms with Gasteiger partial charge in [0.25, 0.3) is 0 Å². The van der Waals surface area contributed by atoms with E-state index in [1.165, 1.54) is 12.1 Å². The molecule has 1 aliphatic rings. The monoisotopic (exact) mass is 309 g/mol. The van der Waals surface area contributed by atoms with E-state index in [4.69, 9.17) is 0 Å². The summed E-state index contributed by atoms with van der Waals surface area (Å²) in [4.78, 5) is 16.3. The maximum absolute atomic E-state index is 14.4. The summed E-state index contributed by atoms with van der Waals surface area (Å²) in [6, 6.07) is 11.3. The molecule has 0 amide bonds. The number of carbonyl (C=O) groups is 1. The van der Waals surface area contributed by atoms with Crippen LogP contribution in [0, 0.1) is 11.6 Å². The minimum Gasteiger partial charge on any atom is -0.298 e. The Hall–Kier alpha value is -2.62. The number of aromatic nitrogens is 1. The average Bonchev–Trinajstić information content (AvgIpc) is 3.41. The largest absolute Gasteiger partial charge is 0.298 e. The number of pyridine rings is 1. The lowest BCUT2D eigenvalue weighted by Crippen LogP contribution is -2.02. The minimum absolute atomic E-state index is 0.104. The van der Waals surface area contributed by atoms with E-state index < -0.39 is 11.6 Å². The number of carbonyl (C=O) groups excluding carboxylic acids is 1. The molecular weight excluding hydrogens is 296 g/mol. The Morgan fingerprint density at radius 2 is 1.83 bits per heavy atom. The normalized spacial score (nSPS) is 14.2. The van der Waals surface area contributed by atoms with E-state index in [-0.39, 0.29) is 11.5 Å². The topological polar surface area (TPSA) is 30.0 Å². The van der Waals surface area contributed by atoms with Crippen molar-refractivity contribution >= 4 is 17.2 Å². The van der Waals surface area contributed by atoms with Gasteiger partial charge in [-0.1, -0.05) is 30.3 Å². The number of fused-ring (bicyclic) bond motifs is 1. The Morgan fingerprint density at radius 1 is 1.04 bits per heavy atom. The van der Waals surface area contributed by atoms with Crippen molar-refractivity contribution in [3.05, 3.63) is 65.4 Å². The van der Waals surface area contributed by atoms with Crippen LogP contribution in [0.25, 0.3) is 22.0 Å². The minimum atomic E-state index is -0.936. The lowest BCUT2D eigenvalue weighted by Gasteiger charge is -2.14. The fraction of sp³-hybridized carbons (Fsp3) is 0.158. The Morgan fingerprint density at radius 3 is 2.57 bits per heavy atom. The van der Waals surface area contributed by atoms with Crippen LogP contribution in [0.2, 0.25) is 0 Å². The van der Waals surface area contributed by atoms with Gasteiger partial charge in [0.05, 0.1) is 11.2 Å². The summed E-state index contributed by atoms with van der Waals surface area (Å²) in [5.74, 6) is -1.63. The zero-order valence-electron chi connectivity index (χ0n) is 12.2. The molecule has 1 aliphatic carbocycles. The summed E-state index contributed by atoms with van der Waals surface area (Å²) >= 11 is 0. The van der Waals surface area contributed by atoms with Crippen molar-refractivity contribution < 1.29 is 13.6 Å². The van der Waals surface area contributed by atoms with E-state index in [9.17, 15) is 13.6 Å². The number of halogens is 2. The van der Waals surface area contributed by atoms with Crippen LogP contribution in [0.5, 0.6) is 0 Å². The molecule has 0 N–H and O–H groups in total. The van der Waals surface area contributed by atoms with Crippen molar-refractivity contribution in [1.82, 2.24) is 4.98 Å². The SMILES string of the molecule is O=Cc1c(C2CC2)nc2ccccc2c1-c1cccc(F)c1F. The summed E-state index contributed by atoms with van der Waals surface area (Å²) in [7, 11) is 0. The molecule has 1 heterocycles. The molecule has 23 heavy (non-hydrogen) atoms. The van der Waals surface area contributed by atoms with E-state index in [0.717, 1.165) is 18.9 Å². The molecule has 2 nitrogen and oxygen atoms in total. The number of aldehydes is 1. The van der Waals surface area contributed by atoms with Gasteiger partial charge in [0.15, 0.2) is 17.9 Å². The Bertz CT molecular complexity index is 932. The average molecular weight is 309 g/mol. The molecule has 114 valence electrons. The molecule has 4 rings (SSSR count). The first-order valence-electron chi connectivity index (χ1n) is 7.53. The third-order valence-corrected chi connectivity index (χ3v) is 4.26. The van der Waals surface area contributed by atoms with E-state index in [0.29, 0.717) is 34.0 Å². The van der Waals surface area contributed by atoms with Gasteiger partial charge in [-0.2, -0.15) is 0 Å². The predicted molar refractivity (Wildman–Crippen MR) is 84.5 cm³/mol. The lowest BCUT2D eigenvalue weighted by molar-refractivity contribution is 0.112. The van der Waals surface area contributed by atoms with Crippen LogP contribution in [0.1, 0.15) is 34.8 Å². The molecule has 0 radical (unpaired) electrons. The van der Waals surface area contributed by atoms with Gasteiger partial charge in [-0.05, 0) is 25.0 Å². The van der Waals surface area contributed by atoms with Crippen molar-refractivity contribution in [1.29, 1.82) is 0 Å². The molecule has 0 atom stereocenters. The molecule has 1 fully saturated rings. The number of nitrogens with zero attached hydrogens (tertiary/aromatic N) is 1. The molecule has 0 aliphatic heterocycles. The van der Waals surface area contributed by atoms with Gasteiger partial charge in [-0.25, -0.2) is 8.78 Å². The first kappa shape index (κ1) is 14.0. The third-order valence-electron chi connectivity index (χ3n) is 4.26. The number of benzene rings is 2. The van der Waals surface area contributed by atoms with E-state index >= 15 is 0 Å². The molecule has 0 unspecified atom stereocenters. The summed E-state index contributed by atoms with van der Waals surface area (Å²) in [5.41, 5.74) is 2.30. The van der Waals surface area contributed by atoms with Gasteiger partial charge in [0.2, 0.25) is 0 Å². The molecule has 0 saturated heterocycles. The maximum atomic E-state index is 14.4. The molecule has 1 saturated carbocycles. The number of hydrogen-bond donors (Lipinski definition) is 0. The van der Waals surface area contributed by atoms with E-state index in [1.807, 2.05) is 12.1 Å². The molecule has 4 heteroatoms. The molecular formula is C19H13F2NO. The molecule has 2 aromatic carbocycles. The molecule has 0 bridgehead atoms. The number of rotatable bonds is 3. The zero-order chi connectivity index (χ0) is 16.0. The Balaban J connectivity index is 2.15. The van der Waals surface area contributed by atoms with Gasteiger partial charge < -0.3 is 0 Å². The van der Waals surface area contributed by atoms with E-state index in [2.05, 4.69) is 4.98 Å². The van der Waals surface area contributed by atoms with Crippen LogP contribution in [-0.4, -0.2) is 11.3 Å². The second-order valence-electron chi connectivity index (χ2n) is 5.80. The first-order chi connectivity index (χ1) is 11.2. The van der Waals surface area contributed by atoms with Crippen molar-refractivity contribution in [2.24, 2.45) is 0 Å². The van der Waals surface area contributed by atoms with Gasteiger partial charge in [0.1, 0.15) is 0 Å². The second kappa shape index (κ2) is 5.23. The summed E-state index contributed by atoms with van der Waals surface area (Å²) in [6.07, 6.45) is 2.65. The van der Waals surface area contributed by atoms with Crippen LogP contribution in [0.4, 0.5) is 8.78 Å². The van der Waals surface area contributed by atoms with Crippen LogP contribution in [0.3, 0.4) is 0 Å². The highest BCUT2D eigenvalue weighted by atomic mass is 19.2. The van der Waals surface area contributed by atoms with E-state index in [1.54, 1.807) is 12.1 Å². The summed E-state index contributed by atoms with van der Waals surface area (Å²) in [5, 5.41) is 0.656. The van der Waals surface area contributed by atoms with Gasteiger partial charge in [-0.3, -0.25) is 9.78 Å². The highest BCUT2D eigenvalue weighted by Gasteiger charge is 2.30. The second-order valence-corrected chi connectivity index (χ2v) is 5.80. The molecule has 0 spiro atoms. The molecule has 1 aromatic heterocycles. The highest BCUT2D eigenvalue weighted by Crippen LogP contribution is 2.44. The smallest absolute Gasteiger partial charge is 0.166 e. The van der Waals surface area contributed by atoms with Crippen molar-refractivity contribution in [2.45, 2.75) is 18.8 Å². The standard InChI is InChI=1S/C19H13F2NO/c20-15-6-3-5-13(18(15)21)17-12-4-1-2-7-16(12)22-19(11-8-9-11)14(17)10-23/h1-7,10-11H,8-9H2. The fourth-order valence-electron chi connectivity index (χ4n) is 3.02. The number of hydrogen-bond acceptors (Lipinski definition) is 2. The summed E-state index contributed by atoms with van der Waals surface area (Å²) < 4.78 is 28.1. The van der Waals surface area contributed by atoms with Gasteiger partial charge in [0, 0.05) is 28.0 Å². The van der Waals surface area contributed by atoms with Gasteiger partial charge >= 0.3 is 0 Å². The third kappa shape index (κ3) is 2.22. The Kier molecular flexibility index (Phi) is 3.18. The zero-order valence-corrected chi connectivity index (χ0v) is 12.2. The highest BCUT2D eigenvalue weighted by molar-refractivity contribution is 6.03.